The molecule has 0 bridgehead atoms. The van der Waals surface area contributed by atoms with E-state index in [-0.39, 0.29) is 17.1 Å². The minimum absolute atomic E-state index is 0.153. The minimum atomic E-state index is -0.354. The number of carbonyl (C=O) groups excluding carboxylic acids is 2. The third kappa shape index (κ3) is 5.79. The Morgan fingerprint density at radius 1 is 0.933 bits per heavy atom. The normalized spacial score (nSPS) is 11.6. The van der Waals surface area contributed by atoms with Crippen LogP contribution in [0, 0.1) is 6.92 Å². The van der Waals surface area contributed by atoms with Gasteiger partial charge in [-0.2, -0.15) is 0 Å². The number of rotatable bonds is 6. The molecule has 2 N–H and O–H groups in total. The molecule has 4 nitrogen and oxygen atoms in total. The molecule has 1 atom stereocenters. The number of thioether (sulfide) groups is 1. The summed E-state index contributed by atoms with van der Waals surface area (Å²) >= 11 is 13.5. The number of carbonyl (C=O) groups is 2. The Bertz CT molecular complexity index is 1070. The number of halogens is 2. The van der Waals surface area contributed by atoms with E-state index in [9.17, 15) is 9.59 Å². The van der Waals surface area contributed by atoms with Crippen LogP contribution in [0.15, 0.2) is 71.6 Å². The molecule has 0 aliphatic heterocycles. The standard InChI is InChI=1S/C23H20Cl2N2O2S/c1-14-5-3-4-6-19(14)23(29)26-17-8-10-18(11-9-17)30-15(2)22(28)27-21-13-16(24)7-12-20(21)25/h3-13,15H,1-2H3,(H,26,29)(H,27,28). The minimum Gasteiger partial charge on any atom is -0.324 e. The summed E-state index contributed by atoms with van der Waals surface area (Å²) in [7, 11) is 0. The smallest absolute Gasteiger partial charge is 0.255 e. The third-order valence-corrected chi connectivity index (χ3v) is 6.05. The Hall–Kier alpha value is -2.47. The Labute approximate surface area is 190 Å². The second-order valence-electron chi connectivity index (χ2n) is 6.67. The number of benzene rings is 3. The van der Waals surface area contributed by atoms with Gasteiger partial charge in [0.05, 0.1) is 16.0 Å². The molecular weight excluding hydrogens is 439 g/mol. The SMILES string of the molecule is Cc1ccccc1C(=O)Nc1ccc(SC(C)C(=O)Nc2cc(Cl)ccc2Cl)cc1. The molecule has 154 valence electrons. The van der Waals surface area contributed by atoms with Crippen LogP contribution in [0.2, 0.25) is 10.0 Å². The molecule has 7 heteroatoms. The lowest BCUT2D eigenvalue weighted by molar-refractivity contribution is -0.115. The fourth-order valence-electron chi connectivity index (χ4n) is 2.73. The number of hydrogen-bond acceptors (Lipinski definition) is 3. The predicted octanol–water partition coefficient (Wildman–Crippen LogP) is 6.67. The summed E-state index contributed by atoms with van der Waals surface area (Å²) in [6.45, 7) is 3.71. The van der Waals surface area contributed by atoms with E-state index in [0.29, 0.717) is 27.0 Å². The van der Waals surface area contributed by atoms with Crippen LogP contribution in [-0.2, 0) is 4.79 Å². The summed E-state index contributed by atoms with van der Waals surface area (Å²) in [5.74, 6) is -0.333. The number of aryl methyl sites for hydroxylation is 1. The maximum atomic E-state index is 12.5. The van der Waals surface area contributed by atoms with Crippen LogP contribution in [-0.4, -0.2) is 17.1 Å². The van der Waals surface area contributed by atoms with E-state index in [0.717, 1.165) is 10.5 Å². The molecule has 3 aromatic rings. The second-order valence-corrected chi connectivity index (χ2v) is 8.92. The molecule has 0 aromatic heterocycles. The van der Waals surface area contributed by atoms with Gasteiger partial charge in [0.15, 0.2) is 0 Å². The van der Waals surface area contributed by atoms with Gasteiger partial charge in [0.1, 0.15) is 0 Å². The van der Waals surface area contributed by atoms with Crippen LogP contribution in [0.4, 0.5) is 11.4 Å². The summed E-state index contributed by atoms with van der Waals surface area (Å²) in [6.07, 6.45) is 0. The van der Waals surface area contributed by atoms with E-state index in [2.05, 4.69) is 10.6 Å². The summed E-state index contributed by atoms with van der Waals surface area (Å²) in [4.78, 5) is 25.8. The molecule has 3 rings (SSSR count). The van der Waals surface area contributed by atoms with E-state index in [4.69, 9.17) is 23.2 Å². The first-order valence-electron chi connectivity index (χ1n) is 9.23. The highest BCUT2D eigenvalue weighted by Crippen LogP contribution is 2.29. The lowest BCUT2D eigenvalue weighted by Gasteiger charge is -2.14. The van der Waals surface area contributed by atoms with Crippen molar-refractivity contribution in [3.8, 4) is 0 Å². The summed E-state index contributed by atoms with van der Waals surface area (Å²) in [5, 5.41) is 6.26. The average Bonchev–Trinajstić information content (AvgIpc) is 2.72. The molecule has 0 saturated heterocycles. The van der Waals surface area contributed by atoms with Gasteiger partial charge in [-0.3, -0.25) is 9.59 Å². The monoisotopic (exact) mass is 458 g/mol. The topological polar surface area (TPSA) is 58.2 Å². The first-order valence-corrected chi connectivity index (χ1v) is 10.9. The van der Waals surface area contributed by atoms with E-state index >= 15 is 0 Å². The number of anilines is 2. The van der Waals surface area contributed by atoms with Crippen molar-refractivity contribution in [1.82, 2.24) is 0 Å². The van der Waals surface area contributed by atoms with Gasteiger partial charge >= 0.3 is 0 Å². The maximum Gasteiger partial charge on any atom is 0.255 e. The molecule has 0 heterocycles. The van der Waals surface area contributed by atoms with Crippen molar-refractivity contribution < 1.29 is 9.59 Å². The summed E-state index contributed by atoms with van der Waals surface area (Å²) < 4.78 is 0. The highest BCUT2D eigenvalue weighted by atomic mass is 35.5. The highest BCUT2D eigenvalue weighted by molar-refractivity contribution is 8.00. The van der Waals surface area contributed by atoms with Crippen molar-refractivity contribution >= 4 is 58.2 Å². The fraction of sp³-hybridized carbons (Fsp3) is 0.130. The highest BCUT2D eigenvalue weighted by Gasteiger charge is 2.16. The Morgan fingerprint density at radius 2 is 1.63 bits per heavy atom. The Balaban J connectivity index is 1.59. The van der Waals surface area contributed by atoms with Gasteiger partial charge in [-0.25, -0.2) is 0 Å². The van der Waals surface area contributed by atoms with Crippen LogP contribution in [0.3, 0.4) is 0 Å². The molecule has 0 spiro atoms. The molecular formula is C23H20Cl2N2O2S. The summed E-state index contributed by atoms with van der Waals surface area (Å²) in [5.41, 5.74) is 2.73. The zero-order valence-corrected chi connectivity index (χ0v) is 18.7. The van der Waals surface area contributed by atoms with Crippen molar-refractivity contribution in [2.24, 2.45) is 0 Å². The molecule has 1 unspecified atom stereocenters. The zero-order valence-electron chi connectivity index (χ0n) is 16.4. The first kappa shape index (κ1) is 22.2. The van der Waals surface area contributed by atoms with Crippen molar-refractivity contribution in [2.75, 3.05) is 10.6 Å². The molecule has 0 aliphatic carbocycles. The van der Waals surface area contributed by atoms with Crippen LogP contribution in [0.5, 0.6) is 0 Å². The van der Waals surface area contributed by atoms with Gasteiger partial charge in [0.25, 0.3) is 5.91 Å². The molecule has 0 radical (unpaired) electrons. The summed E-state index contributed by atoms with van der Waals surface area (Å²) in [6, 6.07) is 19.7. The predicted molar refractivity (Wildman–Crippen MR) is 126 cm³/mol. The Kier molecular flexibility index (Phi) is 7.43. The molecule has 0 fully saturated rings. The first-order chi connectivity index (χ1) is 14.3. The quantitative estimate of drug-likeness (QED) is 0.405. The van der Waals surface area contributed by atoms with Crippen LogP contribution in [0.1, 0.15) is 22.8 Å². The van der Waals surface area contributed by atoms with Crippen molar-refractivity contribution in [3.05, 3.63) is 87.9 Å². The van der Waals surface area contributed by atoms with Crippen LogP contribution >= 0.6 is 35.0 Å². The van der Waals surface area contributed by atoms with Crippen molar-refractivity contribution in [2.45, 2.75) is 24.0 Å². The van der Waals surface area contributed by atoms with E-state index < -0.39 is 0 Å². The lowest BCUT2D eigenvalue weighted by atomic mass is 10.1. The average molecular weight is 459 g/mol. The molecule has 2 amide bonds. The van der Waals surface area contributed by atoms with Gasteiger partial charge in [-0.15, -0.1) is 11.8 Å². The number of amides is 2. The molecule has 3 aromatic carbocycles. The van der Waals surface area contributed by atoms with Gasteiger partial charge < -0.3 is 10.6 Å². The third-order valence-electron chi connectivity index (χ3n) is 4.37. The fourth-order valence-corrected chi connectivity index (χ4v) is 3.93. The lowest BCUT2D eigenvalue weighted by Crippen LogP contribution is -2.22. The van der Waals surface area contributed by atoms with Gasteiger partial charge in [0, 0.05) is 21.2 Å². The number of nitrogens with one attached hydrogen (secondary N) is 2. The van der Waals surface area contributed by atoms with Gasteiger partial charge in [-0.1, -0.05) is 41.4 Å². The maximum absolute atomic E-state index is 12.5. The second kappa shape index (κ2) is 10.0. The molecule has 30 heavy (non-hydrogen) atoms. The van der Waals surface area contributed by atoms with E-state index in [1.807, 2.05) is 56.3 Å². The van der Waals surface area contributed by atoms with Gasteiger partial charge in [0.2, 0.25) is 5.91 Å². The van der Waals surface area contributed by atoms with E-state index in [1.54, 1.807) is 24.3 Å². The van der Waals surface area contributed by atoms with Gasteiger partial charge in [-0.05, 0) is 67.9 Å². The number of hydrogen-bond donors (Lipinski definition) is 2. The van der Waals surface area contributed by atoms with Crippen molar-refractivity contribution in [1.29, 1.82) is 0 Å². The van der Waals surface area contributed by atoms with Crippen LogP contribution < -0.4 is 10.6 Å². The van der Waals surface area contributed by atoms with Crippen molar-refractivity contribution in [3.63, 3.8) is 0 Å². The largest absolute Gasteiger partial charge is 0.324 e. The Morgan fingerprint density at radius 3 is 2.33 bits per heavy atom. The van der Waals surface area contributed by atoms with E-state index in [1.165, 1.54) is 11.8 Å². The molecule has 0 saturated carbocycles. The molecule has 0 aliphatic rings. The van der Waals surface area contributed by atoms with Crippen LogP contribution in [0.25, 0.3) is 0 Å². The zero-order chi connectivity index (χ0) is 21.7.